The fraction of sp³-hybridized carbons (Fsp3) is 0.208. The van der Waals surface area contributed by atoms with Crippen LogP contribution in [0.25, 0.3) is 21.8 Å². The predicted molar refractivity (Wildman–Crippen MR) is 117 cm³/mol. The van der Waals surface area contributed by atoms with Crippen LogP contribution in [0.5, 0.6) is 0 Å². The number of para-hydroxylation sites is 2. The highest BCUT2D eigenvalue weighted by atomic mass is 16.6. The summed E-state index contributed by atoms with van der Waals surface area (Å²) in [5.41, 5.74) is 2.52. The Morgan fingerprint density at radius 1 is 1.03 bits per heavy atom. The zero-order valence-electron chi connectivity index (χ0n) is 17.4. The Balaban J connectivity index is 0.000000177. The van der Waals surface area contributed by atoms with E-state index in [0.717, 1.165) is 27.4 Å². The first-order valence-electron chi connectivity index (χ1n) is 9.54. The highest BCUT2D eigenvalue weighted by molar-refractivity contribution is 5.92. The van der Waals surface area contributed by atoms with Gasteiger partial charge >= 0.3 is 12.1 Å². The minimum Gasteiger partial charge on any atom is -0.478 e. The summed E-state index contributed by atoms with van der Waals surface area (Å²) in [5, 5.41) is 10.6. The highest BCUT2D eigenvalue weighted by Crippen LogP contribution is 2.21. The highest BCUT2D eigenvalue weighted by Gasteiger charge is 2.19. The molecule has 0 radical (unpaired) electrons. The number of carboxylic acids is 1. The molecule has 0 aliphatic rings. The third kappa shape index (κ3) is 4.84. The van der Waals surface area contributed by atoms with Crippen LogP contribution >= 0.6 is 0 Å². The Morgan fingerprint density at radius 3 is 2.40 bits per heavy atom. The molecule has 2 aromatic heterocycles. The van der Waals surface area contributed by atoms with Crippen molar-refractivity contribution in [3.8, 4) is 0 Å². The van der Waals surface area contributed by atoms with Gasteiger partial charge in [0, 0.05) is 23.2 Å². The van der Waals surface area contributed by atoms with Crippen LogP contribution in [0.4, 0.5) is 4.79 Å². The molecule has 0 saturated carbocycles. The molecule has 2 heterocycles. The lowest BCUT2D eigenvalue weighted by Gasteiger charge is -2.19. The van der Waals surface area contributed by atoms with Gasteiger partial charge in [-0.2, -0.15) is 0 Å². The van der Waals surface area contributed by atoms with Gasteiger partial charge in [0.05, 0.1) is 16.6 Å². The number of fused-ring (bicyclic) bond motifs is 2. The third-order valence-corrected chi connectivity index (χ3v) is 4.34. The van der Waals surface area contributed by atoms with E-state index in [0.29, 0.717) is 0 Å². The van der Waals surface area contributed by atoms with Crippen molar-refractivity contribution in [3.05, 3.63) is 78.1 Å². The smallest absolute Gasteiger partial charge is 0.418 e. The van der Waals surface area contributed by atoms with Crippen molar-refractivity contribution in [1.82, 2.24) is 9.55 Å². The lowest BCUT2D eigenvalue weighted by atomic mass is 10.2. The molecule has 0 bridgehead atoms. The second-order valence-corrected chi connectivity index (χ2v) is 7.90. The average molecular weight is 404 g/mol. The van der Waals surface area contributed by atoms with Gasteiger partial charge in [0.25, 0.3) is 0 Å². The number of aryl methyl sites for hydroxylation is 1. The van der Waals surface area contributed by atoms with Crippen LogP contribution in [-0.2, 0) is 4.74 Å². The molecule has 0 spiro atoms. The number of ether oxygens (including phenoxy) is 1. The average Bonchev–Trinajstić information content (AvgIpc) is 3.04. The van der Waals surface area contributed by atoms with Gasteiger partial charge in [-0.05, 0) is 51.5 Å². The molecule has 30 heavy (non-hydrogen) atoms. The van der Waals surface area contributed by atoms with Crippen LogP contribution in [0.2, 0.25) is 0 Å². The maximum absolute atomic E-state index is 12.0. The van der Waals surface area contributed by atoms with Gasteiger partial charge < -0.3 is 9.84 Å². The summed E-state index contributed by atoms with van der Waals surface area (Å²) in [6.45, 7) is 7.58. The van der Waals surface area contributed by atoms with Crippen molar-refractivity contribution >= 4 is 33.9 Å². The molecule has 4 rings (SSSR count). The fourth-order valence-electron chi connectivity index (χ4n) is 3.00. The fourth-order valence-corrected chi connectivity index (χ4v) is 3.00. The zero-order valence-corrected chi connectivity index (χ0v) is 17.4. The summed E-state index contributed by atoms with van der Waals surface area (Å²) in [7, 11) is 0. The first-order chi connectivity index (χ1) is 14.2. The number of aromatic carboxylic acids is 1. The van der Waals surface area contributed by atoms with Crippen molar-refractivity contribution in [2.24, 2.45) is 0 Å². The van der Waals surface area contributed by atoms with Gasteiger partial charge in [0.1, 0.15) is 5.60 Å². The molecular weight excluding hydrogens is 380 g/mol. The predicted octanol–water partition coefficient (Wildman–Crippen LogP) is 5.67. The van der Waals surface area contributed by atoms with Crippen LogP contribution < -0.4 is 0 Å². The van der Waals surface area contributed by atoms with E-state index in [1.54, 1.807) is 10.6 Å². The van der Waals surface area contributed by atoms with Gasteiger partial charge in [-0.25, -0.2) is 9.59 Å². The monoisotopic (exact) mass is 404 g/mol. The molecule has 6 heteroatoms. The molecule has 4 aromatic rings. The summed E-state index contributed by atoms with van der Waals surface area (Å²) in [6, 6.07) is 16.8. The SMILES string of the molecule is Cc1cn(C(=O)OC(C)(C)C)c2ccccc12.O=C(O)c1cnc2ccccc2c1. The van der Waals surface area contributed by atoms with Crippen LogP contribution in [0.1, 0.15) is 36.7 Å². The normalized spacial score (nSPS) is 11.1. The van der Waals surface area contributed by atoms with Crippen molar-refractivity contribution in [3.63, 3.8) is 0 Å². The van der Waals surface area contributed by atoms with Crippen molar-refractivity contribution in [2.45, 2.75) is 33.3 Å². The standard InChI is InChI=1S/C14H17NO2.C10H7NO2/c1-10-9-15(13(16)17-14(2,3)4)12-8-6-5-7-11(10)12;12-10(13)8-5-7-3-1-2-4-9(7)11-6-8/h5-9H,1-4H3;1-6H,(H,12,13). The molecule has 2 aromatic carbocycles. The first-order valence-corrected chi connectivity index (χ1v) is 9.54. The lowest BCUT2D eigenvalue weighted by Crippen LogP contribution is -2.26. The minimum absolute atomic E-state index is 0.221. The molecule has 1 N–H and O–H groups in total. The maximum Gasteiger partial charge on any atom is 0.418 e. The Hall–Kier alpha value is -3.67. The van der Waals surface area contributed by atoms with Crippen LogP contribution in [0.15, 0.2) is 67.0 Å². The van der Waals surface area contributed by atoms with Gasteiger partial charge in [-0.1, -0.05) is 36.4 Å². The van der Waals surface area contributed by atoms with E-state index in [4.69, 9.17) is 9.84 Å². The largest absolute Gasteiger partial charge is 0.478 e. The Kier molecular flexibility index (Phi) is 5.87. The van der Waals surface area contributed by atoms with Crippen LogP contribution in [0, 0.1) is 6.92 Å². The van der Waals surface area contributed by atoms with Crippen molar-refractivity contribution in [1.29, 1.82) is 0 Å². The maximum atomic E-state index is 12.0. The molecule has 0 unspecified atom stereocenters. The number of carbonyl (C=O) groups is 2. The van der Waals surface area contributed by atoms with E-state index in [2.05, 4.69) is 4.98 Å². The molecule has 0 aliphatic heterocycles. The number of carboxylic acid groups (broad SMARTS) is 1. The zero-order chi connectivity index (χ0) is 21.9. The number of hydrogen-bond acceptors (Lipinski definition) is 4. The van der Waals surface area contributed by atoms with Gasteiger partial charge in [0.2, 0.25) is 0 Å². The second kappa shape index (κ2) is 8.37. The molecule has 0 aliphatic carbocycles. The molecule has 0 atom stereocenters. The number of benzene rings is 2. The number of rotatable bonds is 1. The van der Waals surface area contributed by atoms with Gasteiger partial charge in [-0.3, -0.25) is 9.55 Å². The van der Waals surface area contributed by atoms with E-state index in [9.17, 15) is 9.59 Å². The van der Waals surface area contributed by atoms with E-state index in [1.807, 2.05) is 82.4 Å². The molecular formula is C24H24N2O4. The van der Waals surface area contributed by atoms with Crippen molar-refractivity contribution < 1.29 is 19.4 Å². The Morgan fingerprint density at radius 2 is 1.70 bits per heavy atom. The van der Waals surface area contributed by atoms with E-state index < -0.39 is 11.6 Å². The summed E-state index contributed by atoms with van der Waals surface area (Å²) < 4.78 is 6.93. The van der Waals surface area contributed by atoms with E-state index in [1.165, 1.54) is 6.20 Å². The van der Waals surface area contributed by atoms with Gasteiger partial charge in [0.15, 0.2) is 0 Å². The summed E-state index contributed by atoms with van der Waals surface area (Å²) in [4.78, 5) is 26.7. The van der Waals surface area contributed by atoms with Crippen LogP contribution in [-0.4, -0.2) is 32.3 Å². The number of hydrogen-bond donors (Lipinski definition) is 1. The second-order valence-electron chi connectivity index (χ2n) is 7.90. The summed E-state index contributed by atoms with van der Waals surface area (Å²) in [6.07, 6.45) is 2.85. The number of carbonyl (C=O) groups excluding carboxylic acids is 1. The molecule has 0 amide bonds. The number of nitrogens with zero attached hydrogens (tertiary/aromatic N) is 2. The Labute approximate surface area is 174 Å². The molecule has 0 saturated heterocycles. The quantitative estimate of drug-likeness (QED) is 0.442. The van der Waals surface area contributed by atoms with Crippen LogP contribution in [0.3, 0.4) is 0 Å². The number of pyridine rings is 1. The summed E-state index contributed by atoms with van der Waals surface area (Å²) in [5.74, 6) is -0.946. The topological polar surface area (TPSA) is 81.4 Å². The molecule has 6 nitrogen and oxygen atoms in total. The molecule has 0 fully saturated rings. The first kappa shape index (κ1) is 21.0. The van der Waals surface area contributed by atoms with E-state index >= 15 is 0 Å². The lowest BCUT2D eigenvalue weighted by molar-refractivity contribution is 0.0543. The Bertz CT molecular complexity index is 1220. The van der Waals surface area contributed by atoms with E-state index in [-0.39, 0.29) is 11.7 Å². The summed E-state index contributed by atoms with van der Waals surface area (Å²) >= 11 is 0. The minimum atomic E-state index is -0.946. The van der Waals surface area contributed by atoms with Crippen molar-refractivity contribution in [2.75, 3.05) is 0 Å². The number of aromatic nitrogens is 2. The van der Waals surface area contributed by atoms with Gasteiger partial charge in [-0.15, -0.1) is 0 Å². The molecule has 154 valence electrons. The third-order valence-electron chi connectivity index (χ3n) is 4.34.